The summed E-state index contributed by atoms with van der Waals surface area (Å²) < 4.78 is 16.8. The number of carbonyl (C=O) groups excluding carboxylic acids is 2. The van der Waals surface area contributed by atoms with E-state index >= 15 is 0 Å². The Morgan fingerprint density at radius 3 is 2.60 bits per heavy atom. The smallest absolute Gasteiger partial charge is 0.275 e. The molecule has 3 aromatic rings. The van der Waals surface area contributed by atoms with E-state index in [0.29, 0.717) is 44.5 Å². The lowest BCUT2D eigenvalue weighted by molar-refractivity contribution is -0.130. The number of oxazole rings is 1. The van der Waals surface area contributed by atoms with Crippen LogP contribution in [0.25, 0.3) is 0 Å². The van der Waals surface area contributed by atoms with Gasteiger partial charge in [-0.3, -0.25) is 9.59 Å². The number of aryl methyl sites for hydroxylation is 1. The topological polar surface area (TPSA) is 85.1 Å². The molecule has 0 radical (unpaired) electrons. The largest absolute Gasteiger partial charge is 0.484 e. The van der Waals surface area contributed by atoms with Crippen molar-refractivity contribution in [3.8, 4) is 5.75 Å². The quantitative estimate of drug-likeness (QED) is 0.561. The van der Waals surface area contributed by atoms with Crippen LogP contribution in [0.3, 0.4) is 0 Å². The molecule has 0 bridgehead atoms. The fourth-order valence-electron chi connectivity index (χ4n) is 4.68. The lowest BCUT2D eigenvalue weighted by Gasteiger charge is -2.37. The first-order valence-corrected chi connectivity index (χ1v) is 11.9. The lowest BCUT2D eigenvalue weighted by atomic mass is 9.87. The zero-order valence-electron chi connectivity index (χ0n) is 20.0. The van der Waals surface area contributed by atoms with E-state index in [-0.39, 0.29) is 30.2 Å². The van der Waals surface area contributed by atoms with Gasteiger partial charge in [-0.05, 0) is 42.2 Å². The molecule has 1 fully saturated rings. The Hall–Kier alpha value is -3.65. The van der Waals surface area contributed by atoms with Crippen LogP contribution < -0.4 is 4.74 Å². The highest BCUT2D eigenvalue weighted by molar-refractivity contribution is 5.92. The maximum Gasteiger partial charge on any atom is 0.275 e. The minimum absolute atomic E-state index is 0.0461. The van der Waals surface area contributed by atoms with Gasteiger partial charge in [-0.2, -0.15) is 0 Å². The Morgan fingerprint density at radius 1 is 1.09 bits per heavy atom. The second-order valence-electron chi connectivity index (χ2n) is 8.96. The third-order valence-corrected chi connectivity index (χ3v) is 6.57. The van der Waals surface area contributed by atoms with E-state index in [9.17, 15) is 9.59 Å². The molecule has 0 aliphatic carbocycles. The molecule has 2 amide bonds. The van der Waals surface area contributed by atoms with Gasteiger partial charge in [0.2, 0.25) is 11.8 Å². The van der Waals surface area contributed by atoms with Crippen LogP contribution in [0.1, 0.15) is 51.6 Å². The number of hydrogen-bond acceptors (Lipinski definition) is 6. The van der Waals surface area contributed by atoms with E-state index in [1.165, 1.54) is 17.4 Å². The standard InChI is InChI=1S/C27H29N3O5/c1-18-3-5-21(6-4-18)26-23-15-22(8-7-20(23)9-10-30(26)19(2)31)34-17-25-28-24(16-35-25)27(32)29-11-13-33-14-12-29/h3-8,15-16,26H,9-14,17H2,1-2H3. The van der Waals surface area contributed by atoms with Crippen LogP contribution in [-0.4, -0.2) is 59.4 Å². The number of hydrogen-bond donors (Lipinski definition) is 0. The third kappa shape index (κ3) is 4.93. The number of rotatable bonds is 5. The van der Waals surface area contributed by atoms with E-state index in [1.807, 2.05) is 17.0 Å². The normalized spacial score (nSPS) is 17.7. The minimum atomic E-state index is -0.167. The summed E-state index contributed by atoms with van der Waals surface area (Å²) >= 11 is 0. The molecule has 8 heteroatoms. The van der Waals surface area contributed by atoms with Gasteiger partial charge < -0.3 is 23.7 Å². The van der Waals surface area contributed by atoms with Gasteiger partial charge in [-0.25, -0.2) is 4.98 Å². The van der Waals surface area contributed by atoms with Gasteiger partial charge in [0, 0.05) is 26.6 Å². The number of benzene rings is 2. The number of fused-ring (bicyclic) bond motifs is 1. The number of carbonyl (C=O) groups is 2. The maximum atomic E-state index is 12.6. The second-order valence-corrected chi connectivity index (χ2v) is 8.96. The molecule has 2 aliphatic heterocycles. The van der Waals surface area contributed by atoms with Crippen LogP contribution >= 0.6 is 0 Å². The van der Waals surface area contributed by atoms with Crippen molar-refractivity contribution in [1.82, 2.24) is 14.8 Å². The third-order valence-electron chi connectivity index (χ3n) is 6.57. The van der Waals surface area contributed by atoms with Crippen molar-refractivity contribution in [3.63, 3.8) is 0 Å². The van der Waals surface area contributed by atoms with Crippen molar-refractivity contribution >= 4 is 11.8 Å². The molecule has 1 atom stereocenters. The second kappa shape index (κ2) is 9.92. The SMILES string of the molecule is CC(=O)N1CCc2ccc(OCc3nc(C(=O)N4CCOCC4)co3)cc2C1c1ccc(C)cc1. The number of aromatic nitrogens is 1. The van der Waals surface area contributed by atoms with Crippen LogP contribution in [0.15, 0.2) is 53.1 Å². The summed E-state index contributed by atoms with van der Waals surface area (Å²) in [4.78, 5) is 33.0. The molecular weight excluding hydrogens is 446 g/mol. The molecule has 0 spiro atoms. The minimum Gasteiger partial charge on any atom is -0.484 e. The molecule has 3 heterocycles. The van der Waals surface area contributed by atoms with Crippen molar-refractivity contribution < 1.29 is 23.5 Å². The van der Waals surface area contributed by atoms with E-state index in [2.05, 4.69) is 42.2 Å². The molecule has 0 N–H and O–H groups in total. The first-order valence-electron chi connectivity index (χ1n) is 11.9. The molecule has 1 unspecified atom stereocenters. The van der Waals surface area contributed by atoms with Crippen molar-refractivity contribution in [2.45, 2.75) is 32.9 Å². The molecule has 35 heavy (non-hydrogen) atoms. The predicted molar refractivity (Wildman–Crippen MR) is 128 cm³/mol. The molecule has 1 saturated heterocycles. The molecule has 2 aromatic carbocycles. The highest BCUT2D eigenvalue weighted by atomic mass is 16.5. The van der Waals surface area contributed by atoms with Crippen LogP contribution in [0.4, 0.5) is 0 Å². The molecule has 2 aliphatic rings. The van der Waals surface area contributed by atoms with Gasteiger partial charge in [0.1, 0.15) is 12.0 Å². The number of morpholine rings is 1. The van der Waals surface area contributed by atoms with E-state index in [0.717, 1.165) is 17.5 Å². The highest BCUT2D eigenvalue weighted by Crippen LogP contribution is 2.37. The van der Waals surface area contributed by atoms with E-state index in [1.54, 1.807) is 11.8 Å². The van der Waals surface area contributed by atoms with Crippen molar-refractivity contribution in [2.75, 3.05) is 32.8 Å². The predicted octanol–water partition coefficient (Wildman–Crippen LogP) is 3.53. The van der Waals surface area contributed by atoms with Crippen LogP contribution in [0.5, 0.6) is 5.75 Å². The van der Waals surface area contributed by atoms with E-state index < -0.39 is 0 Å². The van der Waals surface area contributed by atoms with Crippen LogP contribution in [-0.2, 0) is 22.6 Å². The molecule has 5 rings (SSSR count). The van der Waals surface area contributed by atoms with Gasteiger partial charge in [-0.15, -0.1) is 0 Å². The summed E-state index contributed by atoms with van der Waals surface area (Å²) in [7, 11) is 0. The Morgan fingerprint density at radius 2 is 1.86 bits per heavy atom. The van der Waals surface area contributed by atoms with Crippen molar-refractivity contribution in [3.05, 3.63) is 82.6 Å². The summed E-state index contributed by atoms with van der Waals surface area (Å²) in [5, 5.41) is 0. The van der Waals surface area contributed by atoms with Gasteiger partial charge in [0.05, 0.1) is 19.3 Å². The Balaban J connectivity index is 1.34. The summed E-state index contributed by atoms with van der Waals surface area (Å²) in [5.74, 6) is 0.873. The van der Waals surface area contributed by atoms with Crippen LogP contribution in [0.2, 0.25) is 0 Å². The van der Waals surface area contributed by atoms with E-state index in [4.69, 9.17) is 13.9 Å². The van der Waals surface area contributed by atoms with Gasteiger partial charge >= 0.3 is 0 Å². The average molecular weight is 476 g/mol. The Labute approximate surface area is 204 Å². The maximum absolute atomic E-state index is 12.6. The Kier molecular flexibility index (Phi) is 6.55. The number of ether oxygens (including phenoxy) is 2. The monoisotopic (exact) mass is 475 g/mol. The van der Waals surface area contributed by atoms with Gasteiger partial charge in [0.15, 0.2) is 12.3 Å². The number of nitrogens with zero attached hydrogens (tertiary/aromatic N) is 3. The summed E-state index contributed by atoms with van der Waals surface area (Å²) in [6.45, 7) is 6.60. The first kappa shape index (κ1) is 23.1. The lowest BCUT2D eigenvalue weighted by Crippen LogP contribution is -2.40. The zero-order chi connectivity index (χ0) is 24.4. The summed E-state index contributed by atoms with van der Waals surface area (Å²) in [6, 6.07) is 14.1. The molecule has 0 saturated carbocycles. The summed E-state index contributed by atoms with van der Waals surface area (Å²) in [5.41, 5.74) is 4.78. The Bertz CT molecular complexity index is 1210. The highest BCUT2D eigenvalue weighted by Gasteiger charge is 2.31. The molecule has 1 aromatic heterocycles. The molecular formula is C27H29N3O5. The first-order chi connectivity index (χ1) is 17.0. The van der Waals surface area contributed by atoms with Gasteiger partial charge in [0.25, 0.3) is 5.91 Å². The van der Waals surface area contributed by atoms with Gasteiger partial charge in [-0.1, -0.05) is 35.9 Å². The molecule has 182 valence electrons. The number of amides is 2. The molecule has 8 nitrogen and oxygen atoms in total. The van der Waals surface area contributed by atoms with Crippen LogP contribution in [0, 0.1) is 6.92 Å². The van der Waals surface area contributed by atoms with Crippen molar-refractivity contribution in [2.24, 2.45) is 0 Å². The average Bonchev–Trinajstić information content (AvgIpc) is 3.36. The zero-order valence-corrected chi connectivity index (χ0v) is 20.0. The fourth-order valence-corrected chi connectivity index (χ4v) is 4.68. The fraction of sp³-hybridized carbons (Fsp3) is 0.370. The van der Waals surface area contributed by atoms with Crippen molar-refractivity contribution in [1.29, 1.82) is 0 Å². The summed E-state index contributed by atoms with van der Waals surface area (Å²) in [6.07, 6.45) is 2.17.